The van der Waals surface area contributed by atoms with Gasteiger partial charge in [-0.15, -0.1) is 5.10 Å². The molecule has 2 aromatic rings. The van der Waals surface area contributed by atoms with E-state index in [1.165, 1.54) is 5.56 Å². The minimum atomic E-state index is -0.0942. The third-order valence-corrected chi connectivity index (χ3v) is 4.50. The first-order valence-corrected chi connectivity index (χ1v) is 8.40. The van der Waals surface area contributed by atoms with Crippen molar-refractivity contribution in [2.45, 2.75) is 32.7 Å². The summed E-state index contributed by atoms with van der Waals surface area (Å²) in [6.45, 7) is 5.28. The number of hydrogen-bond donors (Lipinski definition) is 0. The minimum Gasteiger partial charge on any atom is -0.493 e. The van der Waals surface area contributed by atoms with Crippen molar-refractivity contribution in [1.82, 2.24) is 15.1 Å². The van der Waals surface area contributed by atoms with Crippen molar-refractivity contribution in [1.29, 1.82) is 0 Å². The highest BCUT2D eigenvalue weighted by atomic mass is 16.5. The Morgan fingerprint density at radius 1 is 1.08 bits per heavy atom. The zero-order valence-electron chi connectivity index (χ0n) is 15.1. The molecule has 1 aromatic heterocycles. The Bertz CT molecular complexity index is 772. The fourth-order valence-corrected chi connectivity index (χ4v) is 2.98. The maximum Gasteiger partial charge on any atom is 0.274 e. The highest BCUT2D eigenvalue weighted by Crippen LogP contribution is 2.33. The zero-order chi connectivity index (χ0) is 18.0. The number of carbonyl (C=O) groups excluding carboxylic acids is 1. The smallest absolute Gasteiger partial charge is 0.274 e. The van der Waals surface area contributed by atoms with Crippen molar-refractivity contribution in [3.8, 4) is 11.5 Å². The first kappa shape index (κ1) is 17.2. The van der Waals surface area contributed by atoms with Crippen molar-refractivity contribution in [2.24, 2.45) is 0 Å². The van der Waals surface area contributed by atoms with Gasteiger partial charge in [0.1, 0.15) is 0 Å². The van der Waals surface area contributed by atoms with E-state index in [0.29, 0.717) is 30.5 Å². The molecule has 132 valence electrons. The summed E-state index contributed by atoms with van der Waals surface area (Å²) in [5, 5.41) is 8.26. The standard InChI is InChI=1S/C19H23N3O3/c1-12(2)15-5-6-16(21-20-15)19(23)22-8-7-13-9-17(24-3)18(25-4)10-14(13)11-22/h5-6,9-10,12H,7-8,11H2,1-4H3. The van der Waals surface area contributed by atoms with Crippen LogP contribution >= 0.6 is 0 Å². The van der Waals surface area contributed by atoms with Crippen LogP contribution in [-0.2, 0) is 13.0 Å². The third-order valence-electron chi connectivity index (χ3n) is 4.50. The summed E-state index contributed by atoms with van der Waals surface area (Å²) < 4.78 is 10.7. The van der Waals surface area contributed by atoms with E-state index in [4.69, 9.17) is 9.47 Å². The summed E-state index contributed by atoms with van der Waals surface area (Å²) in [7, 11) is 3.24. The van der Waals surface area contributed by atoms with Crippen molar-refractivity contribution in [3.05, 3.63) is 46.8 Å². The van der Waals surface area contributed by atoms with Crippen molar-refractivity contribution in [3.63, 3.8) is 0 Å². The highest BCUT2D eigenvalue weighted by molar-refractivity contribution is 5.92. The molecule has 25 heavy (non-hydrogen) atoms. The molecule has 0 unspecified atom stereocenters. The van der Waals surface area contributed by atoms with Gasteiger partial charge in [0.15, 0.2) is 17.2 Å². The number of hydrogen-bond acceptors (Lipinski definition) is 5. The van der Waals surface area contributed by atoms with Gasteiger partial charge in [-0.05, 0) is 47.7 Å². The number of methoxy groups -OCH3 is 2. The second-order valence-corrected chi connectivity index (χ2v) is 6.45. The number of nitrogens with zero attached hydrogens (tertiary/aromatic N) is 3. The lowest BCUT2D eigenvalue weighted by molar-refractivity contribution is 0.0727. The predicted octanol–water partition coefficient (Wildman–Crippen LogP) is 2.82. The van der Waals surface area contributed by atoms with Crippen LogP contribution in [0.5, 0.6) is 11.5 Å². The fraction of sp³-hybridized carbons (Fsp3) is 0.421. The van der Waals surface area contributed by atoms with Gasteiger partial charge >= 0.3 is 0 Å². The van der Waals surface area contributed by atoms with E-state index in [1.807, 2.05) is 18.2 Å². The first-order chi connectivity index (χ1) is 12.0. The molecule has 2 heterocycles. The molecule has 0 aliphatic carbocycles. The molecule has 0 bridgehead atoms. The summed E-state index contributed by atoms with van der Waals surface area (Å²) >= 11 is 0. The van der Waals surface area contributed by atoms with E-state index < -0.39 is 0 Å². The summed E-state index contributed by atoms with van der Waals surface area (Å²) in [6, 6.07) is 7.57. The van der Waals surface area contributed by atoms with E-state index in [0.717, 1.165) is 23.4 Å². The minimum absolute atomic E-state index is 0.0942. The van der Waals surface area contributed by atoms with Crippen LogP contribution in [0.2, 0.25) is 0 Å². The summed E-state index contributed by atoms with van der Waals surface area (Å²) in [5.41, 5.74) is 3.53. The summed E-state index contributed by atoms with van der Waals surface area (Å²) in [6.07, 6.45) is 0.777. The van der Waals surface area contributed by atoms with E-state index >= 15 is 0 Å². The summed E-state index contributed by atoms with van der Waals surface area (Å²) in [4.78, 5) is 14.5. The molecule has 0 N–H and O–H groups in total. The van der Waals surface area contributed by atoms with Crippen molar-refractivity contribution in [2.75, 3.05) is 20.8 Å². The van der Waals surface area contributed by atoms with Crippen LogP contribution in [0.1, 0.15) is 47.1 Å². The normalized spacial score (nSPS) is 13.6. The lowest BCUT2D eigenvalue weighted by atomic mass is 9.98. The number of fused-ring (bicyclic) bond motifs is 1. The number of ether oxygens (including phenoxy) is 2. The van der Waals surface area contributed by atoms with Crippen LogP contribution in [0.4, 0.5) is 0 Å². The molecule has 6 nitrogen and oxygen atoms in total. The molecule has 0 radical (unpaired) electrons. The quantitative estimate of drug-likeness (QED) is 0.855. The Balaban J connectivity index is 1.80. The second kappa shape index (κ2) is 7.09. The van der Waals surface area contributed by atoms with Crippen LogP contribution in [0, 0.1) is 0 Å². The van der Waals surface area contributed by atoms with E-state index in [2.05, 4.69) is 24.0 Å². The van der Waals surface area contributed by atoms with Gasteiger partial charge in [0.25, 0.3) is 5.91 Å². The monoisotopic (exact) mass is 341 g/mol. The Kier molecular flexibility index (Phi) is 4.88. The average Bonchev–Trinajstić information content (AvgIpc) is 2.65. The van der Waals surface area contributed by atoms with Gasteiger partial charge in [-0.1, -0.05) is 13.8 Å². The number of benzene rings is 1. The van der Waals surface area contributed by atoms with Crippen LogP contribution in [0.3, 0.4) is 0 Å². The molecule has 0 fully saturated rings. The Morgan fingerprint density at radius 3 is 2.32 bits per heavy atom. The first-order valence-electron chi connectivity index (χ1n) is 8.40. The lowest BCUT2D eigenvalue weighted by Crippen LogP contribution is -2.36. The van der Waals surface area contributed by atoms with Crippen LogP contribution < -0.4 is 9.47 Å². The van der Waals surface area contributed by atoms with Crippen LogP contribution in [-0.4, -0.2) is 41.8 Å². The van der Waals surface area contributed by atoms with Gasteiger partial charge in [-0.3, -0.25) is 4.79 Å². The molecule has 1 aromatic carbocycles. The molecular formula is C19H23N3O3. The second-order valence-electron chi connectivity index (χ2n) is 6.45. The van der Waals surface area contributed by atoms with Gasteiger partial charge in [0, 0.05) is 13.1 Å². The number of carbonyl (C=O) groups is 1. The lowest BCUT2D eigenvalue weighted by Gasteiger charge is -2.29. The molecule has 1 amide bonds. The van der Waals surface area contributed by atoms with Crippen LogP contribution in [0.15, 0.2) is 24.3 Å². The maximum atomic E-state index is 12.7. The van der Waals surface area contributed by atoms with Crippen molar-refractivity contribution < 1.29 is 14.3 Å². The SMILES string of the molecule is COc1cc2c(cc1OC)CN(C(=O)c1ccc(C(C)C)nn1)CC2. The van der Waals surface area contributed by atoms with Gasteiger partial charge < -0.3 is 14.4 Å². The fourth-order valence-electron chi connectivity index (χ4n) is 2.98. The Morgan fingerprint density at radius 2 is 1.76 bits per heavy atom. The molecule has 0 spiro atoms. The molecule has 6 heteroatoms. The largest absolute Gasteiger partial charge is 0.493 e. The molecule has 0 atom stereocenters. The zero-order valence-corrected chi connectivity index (χ0v) is 15.1. The van der Waals surface area contributed by atoms with Gasteiger partial charge in [0.05, 0.1) is 19.9 Å². The Hall–Kier alpha value is -2.63. The molecule has 1 aliphatic rings. The van der Waals surface area contributed by atoms with E-state index in [9.17, 15) is 4.79 Å². The highest BCUT2D eigenvalue weighted by Gasteiger charge is 2.24. The molecule has 0 saturated carbocycles. The van der Waals surface area contributed by atoms with Gasteiger partial charge in [-0.2, -0.15) is 5.10 Å². The number of amides is 1. The molecule has 0 saturated heterocycles. The Labute approximate surface area is 147 Å². The van der Waals surface area contributed by atoms with E-state index in [-0.39, 0.29) is 5.91 Å². The maximum absolute atomic E-state index is 12.7. The van der Waals surface area contributed by atoms with Crippen LogP contribution in [0.25, 0.3) is 0 Å². The number of rotatable bonds is 4. The van der Waals surface area contributed by atoms with Gasteiger partial charge in [-0.25, -0.2) is 0 Å². The van der Waals surface area contributed by atoms with Crippen molar-refractivity contribution >= 4 is 5.91 Å². The molecule has 1 aliphatic heterocycles. The van der Waals surface area contributed by atoms with E-state index in [1.54, 1.807) is 25.2 Å². The molecular weight excluding hydrogens is 318 g/mol. The van der Waals surface area contributed by atoms with Gasteiger partial charge in [0.2, 0.25) is 0 Å². The topological polar surface area (TPSA) is 64.6 Å². The number of aromatic nitrogens is 2. The predicted molar refractivity (Wildman–Crippen MR) is 94.1 cm³/mol. The third kappa shape index (κ3) is 3.43. The molecule has 3 rings (SSSR count). The summed E-state index contributed by atoms with van der Waals surface area (Å²) in [5.74, 6) is 1.59. The average molecular weight is 341 g/mol.